The summed E-state index contributed by atoms with van der Waals surface area (Å²) < 4.78 is 5.04. The molecule has 0 radical (unpaired) electrons. The summed E-state index contributed by atoms with van der Waals surface area (Å²) in [6, 6.07) is 10.3. The zero-order valence-corrected chi connectivity index (χ0v) is 14.2. The molecule has 0 spiro atoms. The van der Waals surface area contributed by atoms with Crippen molar-refractivity contribution in [2.75, 3.05) is 48.9 Å². The van der Waals surface area contributed by atoms with E-state index in [1.807, 2.05) is 6.07 Å². The molecule has 0 aliphatic carbocycles. The third-order valence-corrected chi connectivity index (χ3v) is 4.08. The number of nitrogens with zero attached hydrogens (tertiary/aromatic N) is 3. The van der Waals surface area contributed by atoms with E-state index in [1.54, 1.807) is 13.3 Å². The van der Waals surface area contributed by atoms with Crippen LogP contribution in [0.5, 0.6) is 0 Å². The van der Waals surface area contributed by atoms with Gasteiger partial charge in [-0.3, -0.25) is 0 Å². The molecule has 0 atom stereocenters. The Kier molecular flexibility index (Phi) is 5.85. The first kappa shape index (κ1) is 16.5. The largest absolute Gasteiger partial charge is 0.385 e. The lowest BCUT2D eigenvalue weighted by atomic mass is 10.2. The molecule has 3 rings (SSSR count). The number of anilines is 4. The summed E-state index contributed by atoms with van der Waals surface area (Å²) >= 11 is 0. The van der Waals surface area contributed by atoms with Crippen LogP contribution in [0.4, 0.5) is 23.1 Å². The molecule has 128 valence electrons. The lowest BCUT2D eigenvalue weighted by Gasteiger charge is -2.17. The van der Waals surface area contributed by atoms with E-state index in [0.29, 0.717) is 5.95 Å². The zero-order chi connectivity index (χ0) is 16.6. The molecule has 6 nitrogen and oxygen atoms in total. The number of rotatable bonds is 8. The van der Waals surface area contributed by atoms with Gasteiger partial charge in [-0.05, 0) is 49.6 Å². The Bertz CT molecular complexity index is 626. The van der Waals surface area contributed by atoms with E-state index >= 15 is 0 Å². The minimum absolute atomic E-state index is 0.598. The number of ether oxygens (including phenoxy) is 1. The van der Waals surface area contributed by atoms with Crippen LogP contribution in [-0.4, -0.2) is 43.3 Å². The van der Waals surface area contributed by atoms with Crippen LogP contribution in [0.1, 0.15) is 19.3 Å². The van der Waals surface area contributed by atoms with Crippen molar-refractivity contribution in [2.24, 2.45) is 0 Å². The van der Waals surface area contributed by atoms with Crippen molar-refractivity contribution >= 4 is 23.1 Å². The second-order valence-corrected chi connectivity index (χ2v) is 5.90. The lowest BCUT2D eigenvalue weighted by Crippen LogP contribution is -2.17. The Morgan fingerprint density at radius 2 is 1.92 bits per heavy atom. The Labute approximate surface area is 143 Å². The van der Waals surface area contributed by atoms with Gasteiger partial charge in [0.05, 0.1) is 0 Å². The molecule has 1 saturated heterocycles. The highest BCUT2D eigenvalue weighted by molar-refractivity contribution is 5.60. The molecule has 2 N–H and O–H groups in total. The summed E-state index contributed by atoms with van der Waals surface area (Å²) in [4.78, 5) is 11.2. The fourth-order valence-corrected chi connectivity index (χ4v) is 2.81. The number of benzene rings is 1. The van der Waals surface area contributed by atoms with Crippen LogP contribution in [0, 0.1) is 0 Å². The van der Waals surface area contributed by atoms with Gasteiger partial charge in [-0.2, -0.15) is 4.98 Å². The fourth-order valence-electron chi connectivity index (χ4n) is 2.81. The number of methoxy groups -OCH3 is 1. The van der Waals surface area contributed by atoms with Crippen LogP contribution in [0.15, 0.2) is 36.5 Å². The van der Waals surface area contributed by atoms with Crippen molar-refractivity contribution in [3.63, 3.8) is 0 Å². The van der Waals surface area contributed by atoms with Gasteiger partial charge in [0.2, 0.25) is 5.95 Å². The maximum Gasteiger partial charge on any atom is 0.229 e. The van der Waals surface area contributed by atoms with Gasteiger partial charge >= 0.3 is 0 Å². The van der Waals surface area contributed by atoms with Crippen LogP contribution in [0.3, 0.4) is 0 Å². The standard InChI is InChI=1S/C18H25N5O/c1-24-14-4-10-19-17-9-11-20-18(22-17)21-15-5-7-16(8-6-15)23-12-2-3-13-23/h5-9,11H,2-4,10,12-14H2,1H3,(H2,19,20,21,22). The summed E-state index contributed by atoms with van der Waals surface area (Å²) in [6.45, 7) is 3.89. The molecule has 0 saturated carbocycles. The molecule has 1 aliphatic rings. The van der Waals surface area contributed by atoms with Gasteiger partial charge in [-0.1, -0.05) is 0 Å². The molecule has 1 aromatic carbocycles. The smallest absolute Gasteiger partial charge is 0.229 e. The quantitative estimate of drug-likeness (QED) is 0.726. The Morgan fingerprint density at radius 1 is 1.12 bits per heavy atom. The highest BCUT2D eigenvalue weighted by atomic mass is 16.5. The first-order valence-corrected chi connectivity index (χ1v) is 8.53. The van der Waals surface area contributed by atoms with Gasteiger partial charge in [-0.25, -0.2) is 4.98 Å². The lowest BCUT2D eigenvalue weighted by molar-refractivity contribution is 0.198. The van der Waals surface area contributed by atoms with Crippen LogP contribution in [0.25, 0.3) is 0 Å². The molecule has 2 heterocycles. The molecule has 1 fully saturated rings. The highest BCUT2D eigenvalue weighted by Crippen LogP contribution is 2.23. The SMILES string of the molecule is COCCCNc1ccnc(Nc2ccc(N3CCCC3)cc2)n1. The summed E-state index contributed by atoms with van der Waals surface area (Å²) in [5.74, 6) is 1.41. The number of nitrogens with one attached hydrogen (secondary N) is 2. The molecule has 1 aliphatic heterocycles. The minimum Gasteiger partial charge on any atom is -0.385 e. The molecular weight excluding hydrogens is 302 g/mol. The third-order valence-electron chi connectivity index (χ3n) is 4.08. The van der Waals surface area contributed by atoms with E-state index in [-0.39, 0.29) is 0 Å². The van der Waals surface area contributed by atoms with Crippen molar-refractivity contribution in [1.82, 2.24) is 9.97 Å². The van der Waals surface area contributed by atoms with Gasteiger partial charge in [0.1, 0.15) is 5.82 Å². The third kappa shape index (κ3) is 4.58. The maximum atomic E-state index is 5.04. The van der Waals surface area contributed by atoms with Crippen LogP contribution < -0.4 is 15.5 Å². The van der Waals surface area contributed by atoms with Crippen molar-refractivity contribution in [3.05, 3.63) is 36.5 Å². The highest BCUT2D eigenvalue weighted by Gasteiger charge is 2.11. The first-order valence-electron chi connectivity index (χ1n) is 8.53. The molecule has 6 heteroatoms. The molecule has 2 aromatic rings. The predicted molar refractivity (Wildman–Crippen MR) is 98.2 cm³/mol. The van der Waals surface area contributed by atoms with Crippen molar-refractivity contribution < 1.29 is 4.74 Å². The van der Waals surface area contributed by atoms with Crippen molar-refractivity contribution in [3.8, 4) is 0 Å². The molecule has 0 amide bonds. The topological polar surface area (TPSA) is 62.3 Å². The second kappa shape index (κ2) is 8.49. The molecular formula is C18H25N5O. The van der Waals surface area contributed by atoms with Gasteiger partial charge in [0.15, 0.2) is 0 Å². The van der Waals surface area contributed by atoms with E-state index in [4.69, 9.17) is 4.74 Å². The van der Waals surface area contributed by atoms with Gasteiger partial charge < -0.3 is 20.3 Å². The summed E-state index contributed by atoms with van der Waals surface area (Å²) in [6.07, 6.45) is 5.28. The zero-order valence-electron chi connectivity index (χ0n) is 14.2. The Balaban J connectivity index is 1.57. The summed E-state index contributed by atoms with van der Waals surface area (Å²) in [5, 5.41) is 6.53. The van der Waals surface area contributed by atoms with Gasteiger partial charge in [-0.15, -0.1) is 0 Å². The Hall–Kier alpha value is -2.34. The Morgan fingerprint density at radius 3 is 2.67 bits per heavy atom. The molecule has 1 aromatic heterocycles. The second-order valence-electron chi connectivity index (χ2n) is 5.90. The number of hydrogen-bond acceptors (Lipinski definition) is 6. The van der Waals surface area contributed by atoms with E-state index in [2.05, 4.69) is 49.8 Å². The number of aromatic nitrogens is 2. The number of hydrogen-bond donors (Lipinski definition) is 2. The van der Waals surface area contributed by atoms with Crippen LogP contribution in [0.2, 0.25) is 0 Å². The predicted octanol–water partition coefficient (Wildman–Crippen LogP) is 3.27. The van der Waals surface area contributed by atoms with E-state index in [0.717, 1.165) is 44.2 Å². The molecule has 0 unspecified atom stereocenters. The first-order chi connectivity index (χ1) is 11.8. The van der Waals surface area contributed by atoms with Crippen LogP contribution >= 0.6 is 0 Å². The molecule has 0 bridgehead atoms. The normalized spacial score (nSPS) is 14.0. The minimum atomic E-state index is 0.598. The van der Waals surface area contributed by atoms with Crippen molar-refractivity contribution in [1.29, 1.82) is 0 Å². The van der Waals surface area contributed by atoms with Crippen molar-refractivity contribution in [2.45, 2.75) is 19.3 Å². The fraction of sp³-hybridized carbons (Fsp3) is 0.444. The van der Waals surface area contributed by atoms with E-state index in [1.165, 1.54) is 18.5 Å². The van der Waals surface area contributed by atoms with Gasteiger partial charge in [0, 0.05) is 50.9 Å². The van der Waals surface area contributed by atoms with Gasteiger partial charge in [0.25, 0.3) is 0 Å². The maximum absolute atomic E-state index is 5.04. The average molecular weight is 327 g/mol. The molecule has 24 heavy (non-hydrogen) atoms. The van der Waals surface area contributed by atoms with E-state index < -0.39 is 0 Å². The average Bonchev–Trinajstić information content (AvgIpc) is 3.14. The summed E-state index contributed by atoms with van der Waals surface area (Å²) in [7, 11) is 1.71. The van der Waals surface area contributed by atoms with E-state index in [9.17, 15) is 0 Å². The van der Waals surface area contributed by atoms with Crippen LogP contribution in [-0.2, 0) is 4.74 Å². The monoisotopic (exact) mass is 327 g/mol. The summed E-state index contributed by atoms with van der Waals surface area (Å²) in [5.41, 5.74) is 2.28.